The zero-order valence-corrected chi connectivity index (χ0v) is 28.5. The van der Waals surface area contributed by atoms with Crippen LogP contribution < -0.4 is 14.2 Å². The first-order valence-electron chi connectivity index (χ1n) is 15.3. The summed E-state index contributed by atoms with van der Waals surface area (Å²) in [6, 6.07) is 20.3. The molecule has 14 nitrogen and oxygen atoms in total. The molecule has 0 aliphatic carbocycles. The van der Waals surface area contributed by atoms with Crippen LogP contribution in [0.2, 0.25) is 0 Å². The van der Waals surface area contributed by atoms with Crippen LogP contribution in [0.15, 0.2) is 134 Å². The molecule has 0 amide bonds. The lowest BCUT2D eigenvalue weighted by molar-refractivity contribution is -0.553. The van der Waals surface area contributed by atoms with E-state index >= 15 is 0 Å². The Hall–Kier alpha value is -6.64. The third kappa shape index (κ3) is 5.79. The fourth-order valence-electron chi connectivity index (χ4n) is 6.21. The minimum absolute atomic E-state index is 0.00585. The normalized spacial score (nSPS) is 14.3. The Morgan fingerprint density at radius 1 is 0.849 bits per heavy atom. The van der Waals surface area contributed by atoms with Gasteiger partial charge in [-0.25, -0.2) is 21.6 Å². The summed E-state index contributed by atoms with van der Waals surface area (Å²) in [5.41, 5.74) is 5.36. The van der Waals surface area contributed by atoms with Crippen LogP contribution in [0.5, 0.6) is 5.75 Å². The SMILES string of the molecule is C=C=C=C([n+]1c(C=C(C=C2Oc3cc4c(cc3N2CS(=O)(=O)[O-])oc2ccccc24)C(=C)C(=O)O)oc2cc3c(cc21)oc1ccccc13)S(=O)(=O)[O-]. The number of allylic oxidation sites excluding steroid dienone is 1. The van der Waals surface area contributed by atoms with Crippen molar-refractivity contribution in [1.29, 1.82) is 0 Å². The molecule has 4 aromatic carbocycles. The highest BCUT2D eigenvalue weighted by Crippen LogP contribution is 2.45. The number of benzene rings is 4. The molecule has 0 saturated carbocycles. The van der Waals surface area contributed by atoms with E-state index in [0.717, 1.165) is 27.0 Å². The minimum atomic E-state index is -5.33. The van der Waals surface area contributed by atoms with Crippen LogP contribution in [-0.2, 0) is 25.0 Å². The first-order valence-corrected chi connectivity index (χ1v) is 18.3. The van der Waals surface area contributed by atoms with E-state index < -0.39 is 48.6 Å². The van der Waals surface area contributed by atoms with Gasteiger partial charge in [-0.3, -0.25) is 4.90 Å². The van der Waals surface area contributed by atoms with Crippen LogP contribution in [0, 0.1) is 0 Å². The number of oxazole rings is 1. The molecule has 7 aromatic rings. The molecule has 0 fully saturated rings. The lowest BCUT2D eigenvalue weighted by Crippen LogP contribution is -2.37. The zero-order valence-electron chi connectivity index (χ0n) is 26.9. The number of aromatic nitrogens is 1. The molecule has 4 heterocycles. The molecule has 16 heteroatoms. The van der Waals surface area contributed by atoms with Crippen molar-refractivity contribution in [3.05, 3.63) is 126 Å². The van der Waals surface area contributed by atoms with Gasteiger partial charge < -0.3 is 32.2 Å². The summed E-state index contributed by atoms with van der Waals surface area (Å²) in [6.07, 6.45) is 2.13. The van der Waals surface area contributed by atoms with E-state index in [1.165, 1.54) is 12.1 Å². The van der Waals surface area contributed by atoms with Crippen molar-refractivity contribution in [2.24, 2.45) is 0 Å². The minimum Gasteiger partial charge on any atom is -0.747 e. The molecule has 1 aliphatic heterocycles. The summed E-state index contributed by atoms with van der Waals surface area (Å²) in [5.74, 6) is -3.28. The molecule has 0 radical (unpaired) electrons. The summed E-state index contributed by atoms with van der Waals surface area (Å²) in [4.78, 5) is 13.4. The summed E-state index contributed by atoms with van der Waals surface area (Å²) in [7, 11) is -10.3. The molecule has 0 unspecified atom stereocenters. The number of furan rings is 2. The number of rotatable bonds is 8. The van der Waals surface area contributed by atoms with E-state index in [0.29, 0.717) is 38.5 Å². The summed E-state index contributed by atoms with van der Waals surface area (Å²) >= 11 is 0. The predicted octanol–water partition coefficient (Wildman–Crippen LogP) is 6.07. The van der Waals surface area contributed by atoms with Crippen molar-refractivity contribution in [2.45, 2.75) is 0 Å². The van der Waals surface area contributed by atoms with Gasteiger partial charge >= 0.3 is 16.9 Å². The molecule has 264 valence electrons. The number of para-hydroxylation sites is 2. The topological polar surface area (TPSA) is 207 Å². The summed E-state index contributed by atoms with van der Waals surface area (Å²) < 4.78 is 99.1. The highest BCUT2D eigenvalue weighted by atomic mass is 32.2. The van der Waals surface area contributed by atoms with Crippen LogP contribution in [0.1, 0.15) is 5.89 Å². The van der Waals surface area contributed by atoms with Gasteiger partial charge in [-0.05, 0) is 30.8 Å². The molecule has 0 bridgehead atoms. The van der Waals surface area contributed by atoms with E-state index in [-0.39, 0.29) is 34.0 Å². The second-order valence-corrected chi connectivity index (χ2v) is 14.4. The van der Waals surface area contributed by atoms with E-state index in [1.807, 2.05) is 6.07 Å². The average Bonchev–Trinajstić information content (AvgIpc) is 3.83. The van der Waals surface area contributed by atoms with Gasteiger partial charge in [0.15, 0.2) is 15.9 Å². The van der Waals surface area contributed by atoms with Gasteiger partial charge in [-0.1, -0.05) is 48.7 Å². The summed E-state index contributed by atoms with van der Waals surface area (Å²) in [6.45, 7) is 6.96. The fraction of sp³-hybridized carbons (Fsp3) is 0.0270. The van der Waals surface area contributed by atoms with Crippen LogP contribution in [0.4, 0.5) is 5.69 Å². The predicted molar refractivity (Wildman–Crippen MR) is 190 cm³/mol. The molecule has 0 spiro atoms. The number of hydrogen-bond donors (Lipinski definition) is 1. The Morgan fingerprint density at radius 3 is 2.08 bits per heavy atom. The van der Waals surface area contributed by atoms with Crippen molar-refractivity contribution in [3.8, 4) is 5.75 Å². The second-order valence-electron chi connectivity index (χ2n) is 11.7. The number of aliphatic carboxylic acids is 1. The number of carboxylic acids is 1. The van der Waals surface area contributed by atoms with Crippen LogP contribution in [0.25, 0.3) is 66.1 Å². The molecule has 3 aromatic heterocycles. The highest BCUT2D eigenvalue weighted by Gasteiger charge is 2.34. The van der Waals surface area contributed by atoms with Crippen molar-refractivity contribution in [2.75, 3.05) is 10.8 Å². The number of anilines is 1. The lowest BCUT2D eigenvalue weighted by atomic mass is 10.1. The molecule has 1 N–H and O–H groups in total. The number of fused-ring (bicyclic) bond motifs is 8. The van der Waals surface area contributed by atoms with Crippen molar-refractivity contribution >= 4 is 98.0 Å². The second kappa shape index (κ2) is 12.0. The molecule has 0 atom stereocenters. The largest absolute Gasteiger partial charge is 0.747 e. The Kier molecular flexibility index (Phi) is 7.57. The summed E-state index contributed by atoms with van der Waals surface area (Å²) in [5, 5.41) is 11.7. The number of carbonyl (C=O) groups is 1. The monoisotopic (exact) mass is 749 g/mol. The van der Waals surface area contributed by atoms with E-state index in [9.17, 15) is 35.8 Å². The average molecular weight is 750 g/mol. The number of ether oxygens (including phenoxy) is 1. The zero-order chi connectivity index (χ0) is 37.4. The Bertz CT molecular complexity index is 3170. The van der Waals surface area contributed by atoms with Gasteiger partial charge in [0, 0.05) is 45.0 Å². The van der Waals surface area contributed by atoms with E-state index in [4.69, 9.17) is 18.0 Å². The van der Waals surface area contributed by atoms with Crippen LogP contribution in [0.3, 0.4) is 0 Å². The standard InChI is InChI=1S/C37H22N2O12S2/c1-3-8-36(53(45,46)47)39-27-18-31-25(23-10-5-7-12-29(23)49-31)16-33(27)51-35(39)14-21(20(2)37(40)41)13-34-38(19-52(42,43)44)26-17-30-24(15-32(26)50-34)22-9-4-6-11-28(22)48-30/h4-7,9-18H,1-2,19H2,(H2-,40,41,42,43,44,45,46,47)/p-1. The smallest absolute Gasteiger partial charge is 0.381 e. The molecule has 1 aliphatic rings. The molecule has 53 heavy (non-hydrogen) atoms. The van der Waals surface area contributed by atoms with Gasteiger partial charge in [0.2, 0.25) is 11.5 Å². The maximum absolute atomic E-state index is 12.6. The van der Waals surface area contributed by atoms with Gasteiger partial charge in [-0.15, -0.1) is 4.57 Å². The first kappa shape index (κ1) is 33.5. The van der Waals surface area contributed by atoms with E-state index in [1.54, 1.807) is 54.6 Å². The molecular weight excluding hydrogens is 729 g/mol. The Morgan fingerprint density at radius 2 is 1.47 bits per heavy atom. The fourth-order valence-corrected chi connectivity index (χ4v) is 7.40. The molecular formula is C37H21N2O12S2-. The third-order valence-corrected chi connectivity index (χ3v) is 9.78. The number of carboxylic acid groups (broad SMARTS) is 1. The maximum atomic E-state index is 12.6. The van der Waals surface area contributed by atoms with Crippen LogP contribution in [-0.4, -0.2) is 42.9 Å². The number of hydrogen-bond acceptors (Lipinski definition) is 12. The van der Waals surface area contributed by atoms with Crippen LogP contribution >= 0.6 is 0 Å². The van der Waals surface area contributed by atoms with Crippen molar-refractivity contribution in [1.82, 2.24) is 0 Å². The highest BCUT2D eigenvalue weighted by molar-refractivity contribution is 7.94. The van der Waals surface area contributed by atoms with Gasteiger partial charge in [0.25, 0.3) is 5.52 Å². The van der Waals surface area contributed by atoms with Crippen molar-refractivity contribution in [3.63, 3.8) is 0 Å². The maximum Gasteiger partial charge on any atom is 0.381 e. The first-order chi connectivity index (χ1) is 25.2. The van der Waals surface area contributed by atoms with Gasteiger partial charge in [0.1, 0.15) is 38.3 Å². The van der Waals surface area contributed by atoms with E-state index in [2.05, 4.69) is 24.6 Å². The molecule has 8 rings (SSSR count). The Balaban J connectivity index is 1.37. The molecule has 0 saturated heterocycles. The van der Waals surface area contributed by atoms with Crippen molar-refractivity contribution < 1.29 is 58.4 Å². The number of nitrogens with zero attached hydrogens (tertiary/aromatic N) is 2. The lowest BCUT2D eigenvalue weighted by Gasteiger charge is -2.20. The van der Waals surface area contributed by atoms with Gasteiger partial charge in [0.05, 0.1) is 23.4 Å². The third-order valence-electron chi connectivity index (χ3n) is 8.45. The Labute approximate surface area is 298 Å². The quantitative estimate of drug-likeness (QED) is 0.0616. The van der Waals surface area contributed by atoms with Gasteiger partial charge in [-0.2, -0.15) is 0 Å².